The minimum atomic E-state index is -0.953. The van der Waals surface area contributed by atoms with E-state index in [9.17, 15) is 14.7 Å². The Morgan fingerprint density at radius 1 is 1.21 bits per heavy atom. The smallest absolute Gasteiger partial charge is 0.345 e. The van der Waals surface area contributed by atoms with E-state index in [-0.39, 0.29) is 4.88 Å². The fourth-order valence-corrected chi connectivity index (χ4v) is 4.53. The minimum absolute atomic E-state index is 0.288. The Bertz CT molecular complexity index is 1020. The van der Waals surface area contributed by atoms with Gasteiger partial charge in [-0.25, -0.2) is 14.6 Å². The molecule has 6 nitrogen and oxygen atoms in total. The largest absolute Gasteiger partial charge is 0.478 e. The first-order valence-corrected chi connectivity index (χ1v) is 11.0. The van der Waals surface area contributed by atoms with Crippen LogP contribution in [0.15, 0.2) is 41.4 Å². The number of aromatic nitrogens is 2. The average molecular weight is 431 g/mol. The van der Waals surface area contributed by atoms with Gasteiger partial charge < -0.3 is 14.8 Å². The minimum Gasteiger partial charge on any atom is -0.478 e. The van der Waals surface area contributed by atoms with Crippen molar-refractivity contribution in [2.75, 3.05) is 0 Å². The molecule has 29 heavy (non-hydrogen) atoms. The molecule has 0 aliphatic carbocycles. The lowest BCUT2D eigenvalue weighted by molar-refractivity contribution is -0.132. The van der Waals surface area contributed by atoms with Crippen molar-refractivity contribution in [1.29, 1.82) is 0 Å². The van der Waals surface area contributed by atoms with Gasteiger partial charge in [0, 0.05) is 28.2 Å². The number of unbranched alkanes of at least 4 members (excludes halogenated alkanes) is 1. The summed E-state index contributed by atoms with van der Waals surface area (Å²) >= 11 is 2.75. The van der Waals surface area contributed by atoms with Crippen LogP contribution >= 0.6 is 22.7 Å². The first kappa shape index (κ1) is 21.0. The standard InChI is InChI=1S/C21H22N2O4S2/c1-2-3-6-19-22-12-15(10-14(20(24)25)11-16-5-4-9-28-16)23(19)13-17-7-8-18(29-17)21(26)27/h4-5,7-10,12H,2-3,6,11,13H2,1H3,(H,24,25)(H,26,27)/b14-10+. The average Bonchev–Trinajstić information content (AvgIpc) is 3.42. The second kappa shape index (κ2) is 9.67. The van der Waals surface area contributed by atoms with Crippen molar-refractivity contribution in [3.05, 3.63) is 67.6 Å². The summed E-state index contributed by atoms with van der Waals surface area (Å²) in [6.45, 7) is 2.57. The first-order valence-electron chi connectivity index (χ1n) is 9.30. The van der Waals surface area contributed by atoms with Crippen molar-refractivity contribution < 1.29 is 19.8 Å². The van der Waals surface area contributed by atoms with Crippen LogP contribution in [0.1, 0.15) is 50.7 Å². The Balaban J connectivity index is 1.94. The predicted octanol–water partition coefficient (Wildman–Crippen LogP) is 4.81. The normalized spacial score (nSPS) is 11.7. The van der Waals surface area contributed by atoms with E-state index in [2.05, 4.69) is 11.9 Å². The summed E-state index contributed by atoms with van der Waals surface area (Å²) in [4.78, 5) is 29.7. The lowest BCUT2D eigenvalue weighted by Gasteiger charge is -2.10. The van der Waals surface area contributed by atoms with Crippen molar-refractivity contribution in [2.45, 2.75) is 39.2 Å². The number of carbonyl (C=O) groups is 2. The van der Waals surface area contributed by atoms with Crippen LogP contribution in [0.25, 0.3) is 6.08 Å². The molecule has 8 heteroatoms. The summed E-state index contributed by atoms with van der Waals surface area (Å²) < 4.78 is 1.99. The number of carboxylic acid groups (broad SMARTS) is 2. The van der Waals surface area contributed by atoms with Crippen LogP contribution in [0.2, 0.25) is 0 Å². The van der Waals surface area contributed by atoms with Crippen LogP contribution in [-0.2, 0) is 24.2 Å². The number of imidazole rings is 1. The Kier molecular flexibility index (Phi) is 7.00. The molecule has 2 N–H and O–H groups in total. The van der Waals surface area contributed by atoms with Gasteiger partial charge in [-0.05, 0) is 36.1 Å². The van der Waals surface area contributed by atoms with E-state index in [1.54, 1.807) is 24.4 Å². The summed E-state index contributed by atoms with van der Waals surface area (Å²) in [7, 11) is 0. The van der Waals surface area contributed by atoms with Crippen molar-refractivity contribution in [3.8, 4) is 0 Å². The zero-order valence-electron chi connectivity index (χ0n) is 16.0. The molecule has 152 valence electrons. The maximum atomic E-state index is 11.8. The van der Waals surface area contributed by atoms with Crippen LogP contribution in [0.3, 0.4) is 0 Å². The molecule has 0 unspecified atom stereocenters. The van der Waals surface area contributed by atoms with Crippen molar-refractivity contribution >= 4 is 40.7 Å². The van der Waals surface area contributed by atoms with Crippen LogP contribution in [0, 0.1) is 0 Å². The third kappa shape index (κ3) is 5.42. The molecule has 3 aromatic heterocycles. The second-order valence-electron chi connectivity index (χ2n) is 6.59. The molecule has 0 radical (unpaired) electrons. The van der Waals surface area contributed by atoms with E-state index in [0.29, 0.717) is 18.5 Å². The van der Waals surface area contributed by atoms with Gasteiger partial charge in [0.25, 0.3) is 0 Å². The van der Waals surface area contributed by atoms with Crippen molar-refractivity contribution in [1.82, 2.24) is 9.55 Å². The number of rotatable bonds is 10. The molecule has 3 aromatic rings. The topological polar surface area (TPSA) is 92.4 Å². The van der Waals surface area contributed by atoms with E-state index in [1.807, 2.05) is 22.1 Å². The molecule has 0 fully saturated rings. The Morgan fingerprint density at radius 3 is 2.66 bits per heavy atom. The highest BCUT2D eigenvalue weighted by atomic mass is 32.1. The van der Waals surface area contributed by atoms with E-state index < -0.39 is 11.9 Å². The number of nitrogens with zero attached hydrogens (tertiary/aromatic N) is 2. The van der Waals surface area contributed by atoms with Crippen molar-refractivity contribution in [2.24, 2.45) is 0 Å². The molecule has 0 saturated carbocycles. The highest BCUT2D eigenvalue weighted by Crippen LogP contribution is 2.22. The number of carboxylic acids is 2. The quantitative estimate of drug-likeness (QED) is 0.451. The van der Waals surface area contributed by atoms with Gasteiger partial charge >= 0.3 is 11.9 Å². The number of hydrogen-bond donors (Lipinski definition) is 2. The Hall–Kier alpha value is -2.71. The highest BCUT2D eigenvalue weighted by Gasteiger charge is 2.15. The summed E-state index contributed by atoms with van der Waals surface area (Å²) in [5.74, 6) is -1.02. The molecule has 0 aromatic carbocycles. The molecular weight excluding hydrogens is 408 g/mol. The van der Waals surface area contributed by atoms with E-state index in [1.165, 1.54) is 22.7 Å². The first-order chi connectivity index (χ1) is 14.0. The zero-order valence-corrected chi connectivity index (χ0v) is 17.6. The van der Waals surface area contributed by atoms with E-state index >= 15 is 0 Å². The molecule has 0 spiro atoms. The van der Waals surface area contributed by atoms with Gasteiger partial charge in [0.05, 0.1) is 18.4 Å². The molecule has 0 aliphatic rings. The lowest BCUT2D eigenvalue weighted by atomic mass is 10.1. The molecule has 0 amide bonds. The highest BCUT2D eigenvalue weighted by molar-refractivity contribution is 7.13. The lowest BCUT2D eigenvalue weighted by Crippen LogP contribution is -2.08. The molecular formula is C21H22N2O4S2. The van der Waals surface area contributed by atoms with Crippen molar-refractivity contribution in [3.63, 3.8) is 0 Å². The zero-order chi connectivity index (χ0) is 20.8. The summed E-state index contributed by atoms with van der Waals surface area (Å²) in [6.07, 6.45) is 6.52. The predicted molar refractivity (Wildman–Crippen MR) is 115 cm³/mol. The van der Waals surface area contributed by atoms with Crippen LogP contribution < -0.4 is 0 Å². The third-order valence-corrected chi connectivity index (χ3v) is 6.39. The van der Waals surface area contributed by atoms with Crippen LogP contribution in [0.5, 0.6) is 0 Å². The molecule has 0 bridgehead atoms. The number of aromatic carboxylic acids is 1. The molecule has 3 rings (SSSR count). The van der Waals surface area contributed by atoms with E-state index in [0.717, 1.165) is 40.5 Å². The van der Waals surface area contributed by atoms with E-state index in [4.69, 9.17) is 5.11 Å². The maximum absolute atomic E-state index is 11.8. The van der Waals surface area contributed by atoms with Gasteiger partial charge in [-0.2, -0.15) is 0 Å². The maximum Gasteiger partial charge on any atom is 0.345 e. The Morgan fingerprint density at radius 2 is 2.03 bits per heavy atom. The molecule has 0 saturated heterocycles. The van der Waals surface area contributed by atoms with Crippen LogP contribution in [0.4, 0.5) is 0 Å². The fraction of sp³-hybridized carbons (Fsp3) is 0.286. The van der Waals surface area contributed by atoms with Crippen LogP contribution in [-0.4, -0.2) is 31.7 Å². The van der Waals surface area contributed by atoms with Gasteiger partial charge in [-0.3, -0.25) is 0 Å². The monoisotopic (exact) mass is 430 g/mol. The Labute approximate surface area is 176 Å². The summed E-state index contributed by atoms with van der Waals surface area (Å²) in [5.41, 5.74) is 1.02. The molecule has 0 atom stereocenters. The van der Waals surface area contributed by atoms with Gasteiger partial charge in [-0.15, -0.1) is 22.7 Å². The summed E-state index contributed by atoms with van der Waals surface area (Å²) in [6, 6.07) is 7.23. The number of thiophene rings is 2. The van der Waals surface area contributed by atoms with Gasteiger partial charge in [0.1, 0.15) is 10.7 Å². The number of aliphatic carboxylic acids is 1. The molecule has 3 heterocycles. The SMILES string of the molecule is CCCCc1ncc(/C=C(\Cc2cccs2)C(=O)O)n1Cc1ccc(C(=O)O)s1. The van der Waals surface area contributed by atoms with Gasteiger partial charge in [0.2, 0.25) is 0 Å². The van der Waals surface area contributed by atoms with Gasteiger partial charge in [0.15, 0.2) is 0 Å². The second-order valence-corrected chi connectivity index (χ2v) is 8.79. The van der Waals surface area contributed by atoms with Gasteiger partial charge in [-0.1, -0.05) is 19.4 Å². The summed E-state index contributed by atoms with van der Waals surface area (Å²) in [5, 5.41) is 20.8. The number of aryl methyl sites for hydroxylation is 1. The third-order valence-electron chi connectivity index (χ3n) is 4.45. The fourth-order valence-electron chi connectivity index (χ4n) is 2.96. The number of hydrogen-bond acceptors (Lipinski definition) is 5. The molecule has 0 aliphatic heterocycles.